The number of nitrogens with zero attached hydrogens (tertiary/aromatic N) is 2. The fourth-order valence-corrected chi connectivity index (χ4v) is 2.71. The monoisotopic (exact) mass is 309 g/mol. The van der Waals surface area contributed by atoms with Crippen LogP contribution in [0.25, 0.3) is 0 Å². The van der Waals surface area contributed by atoms with E-state index in [0.717, 1.165) is 44.5 Å². The lowest BCUT2D eigenvalue weighted by atomic mass is 10.0. The van der Waals surface area contributed by atoms with E-state index in [0.29, 0.717) is 19.6 Å². The van der Waals surface area contributed by atoms with Gasteiger partial charge in [0.1, 0.15) is 0 Å². The van der Waals surface area contributed by atoms with Gasteiger partial charge in [-0.15, -0.1) is 6.58 Å². The number of piperazine rings is 1. The third-order valence-corrected chi connectivity index (χ3v) is 3.98. The van der Waals surface area contributed by atoms with Crippen molar-refractivity contribution in [3.05, 3.63) is 12.2 Å². The summed E-state index contributed by atoms with van der Waals surface area (Å²) in [5, 5.41) is 2.93. The van der Waals surface area contributed by atoms with Gasteiger partial charge in [0, 0.05) is 38.6 Å². The lowest BCUT2D eigenvalue weighted by Gasteiger charge is -2.35. The zero-order chi connectivity index (χ0) is 16.5. The van der Waals surface area contributed by atoms with Gasteiger partial charge in [-0.25, -0.2) is 0 Å². The first-order valence-corrected chi connectivity index (χ1v) is 8.36. The second-order valence-electron chi connectivity index (χ2n) is 6.37. The van der Waals surface area contributed by atoms with Crippen LogP contribution in [0.3, 0.4) is 0 Å². The Balaban J connectivity index is 2.29. The molecule has 1 saturated heterocycles. The highest BCUT2D eigenvalue weighted by molar-refractivity contribution is 5.79. The number of rotatable bonds is 8. The predicted octanol–water partition coefficient (Wildman–Crippen LogP) is 1.65. The summed E-state index contributed by atoms with van der Waals surface area (Å²) < 4.78 is 0. The van der Waals surface area contributed by atoms with Crippen LogP contribution in [0.15, 0.2) is 12.2 Å². The summed E-state index contributed by atoms with van der Waals surface area (Å²) in [6.07, 6.45) is 2.86. The molecule has 22 heavy (non-hydrogen) atoms. The third kappa shape index (κ3) is 6.60. The van der Waals surface area contributed by atoms with Crippen LogP contribution in [-0.4, -0.2) is 60.9 Å². The van der Waals surface area contributed by atoms with Gasteiger partial charge >= 0.3 is 0 Å². The molecule has 1 rings (SSSR count). The van der Waals surface area contributed by atoms with Gasteiger partial charge in [-0.2, -0.15) is 0 Å². The summed E-state index contributed by atoms with van der Waals surface area (Å²) in [5.74, 6) is 0.292. The van der Waals surface area contributed by atoms with Crippen LogP contribution in [0.5, 0.6) is 0 Å². The number of hydrogen-bond donors (Lipinski definition) is 1. The number of nitrogens with one attached hydrogen (secondary N) is 1. The predicted molar refractivity (Wildman–Crippen MR) is 89.5 cm³/mol. The number of unbranched alkanes of at least 4 members (excludes halogenated alkanes) is 1. The maximum atomic E-state index is 12.3. The highest BCUT2D eigenvalue weighted by Crippen LogP contribution is 2.14. The van der Waals surface area contributed by atoms with E-state index in [1.807, 2.05) is 18.7 Å². The molecule has 0 bridgehead atoms. The molecule has 0 radical (unpaired) electrons. The Hall–Kier alpha value is -1.36. The summed E-state index contributed by atoms with van der Waals surface area (Å²) >= 11 is 0. The van der Waals surface area contributed by atoms with Crippen molar-refractivity contribution in [2.45, 2.75) is 40.0 Å². The topological polar surface area (TPSA) is 52.7 Å². The van der Waals surface area contributed by atoms with Gasteiger partial charge in [0.05, 0.1) is 6.54 Å². The average Bonchev–Trinajstić information content (AvgIpc) is 2.47. The van der Waals surface area contributed by atoms with Gasteiger partial charge < -0.3 is 10.2 Å². The molecule has 0 spiro atoms. The maximum absolute atomic E-state index is 12.3. The summed E-state index contributed by atoms with van der Waals surface area (Å²) in [6.45, 7) is 14.1. The molecule has 5 nitrogen and oxygen atoms in total. The van der Waals surface area contributed by atoms with Gasteiger partial charge in [-0.3, -0.25) is 14.5 Å². The normalized spacial score (nSPS) is 17.1. The van der Waals surface area contributed by atoms with Crippen molar-refractivity contribution in [2.75, 3.05) is 39.3 Å². The van der Waals surface area contributed by atoms with Gasteiger partial charge in [0.2, 0.25) is 11.8 Å². The standard InChI is InChI=1S/C17H31N3O2/c1-5-6-7-18-16(21)13-19-8-10-20(11-9-19)17(22)15(4)12-14(2)3/h15H,2,5-13H2,1,3-4H3,(H,18,21). The van der Waals surface area contributed by atoms with Gasteiger partial charge in [-0.05, 0) is 19.8 Å². The highest BCUT2D eigenvalue weighted by Gasteiger charge is 2.25. The zero-order valence-electron chi connectivity index (χ0n) is 14.4. The Morgan fingerprint density at radius 1 is 1.23 bits per heavy atom. The quantitative estimate of drug-likeness (QED) is 0.548. The van der Waals surface area contributed by atoms with Crippen molar-refractivity contribution < 1.29 is 9.59 Å². The average molecular weight is 309 g/mol. The number of hydrogen-bond acceptors (Lipinski definition) is 3. The van der Waals surface area contributed by atoms with E-state index in [9.17, 15) is 9.59 Å². The van der Waals surface area contributed by atoms with E-state index in [4.69, 9.17) is 0 Å². The molecule has 1 aliphatic heterocycles. The molecule has 0 aromatic carbocycles. The van der Waals surface area contributed by atoms with Crippen LogP contribution in [-0.2, 0) is 9.59 Å². The Labute approximate surface area is 134 Å². The smallest absolute Gasteiger partial charge is 0.234 e. The van der Waals surface area contributed by atoms with Crippen LogP contribution in [0.2, 0.25) is 0 Å². The first-order chi connectivity index (χ1) is 10.4. The van der Waals surface area contributed by atoms with E-state index in [1.54, 1.807) is 0 Å². The molecule has 1 unspecified atom stereocenters. The van der Waals surface area contributed by atoms with Crippen LogP contribution < -0.4 is 5.32 Å². The van der Waals surface area contributed by atoms with Crippen molar-refractivity contribution in [2.24, 2.45) is 5.92 Å². The molecule has 1 fully saturated rings. The summed E-state index contributed by atoms with van der Waals surface area (Å²) in [4.78, 5) is 28.1. The van der Waals surface area contributed by atoms with Gasteiger partial charge in [-0.1, -0.05) is 25.8 Å². The minimum Gasteiger partial charge on any atom is -0.355 e. The minimum absolute atomic E-state index is 0.00129. The number of allylic oxidation sites excluding steroid dienone is 1. The van der Waals surface area contributed by atoms with Crippen LogP contribution in [0, 0.1) is 5.92 Å². The number of amides is 2. The largest absolute Gasteiger partial charge is 0.355 e. The molecular weight excluding hydrogens is 278 g/mol. The van der Waals surface area contributed by atoms with Gasteiger partial charge in [0.25, 0.3) is 0 Å². The summed E-state index contributed by atoms with van der Waals surface area (Å²) in [7, 11) is 0. The molecule has 1 aliphatic rings. The first kappa shape index (κ1) is 18.7. The molecule has 0 saturated carbocycles. The molecule has 0 aromatic rings. The summed E-state index contributed by atoms with van der Waals surface area (Å²) in [5.41, 5.74) is 1.04. The second kappa shape index (κ2) is 9.62. The van der Waals surface area contributed by atoms with Crippen molar-refractivity contribution in [3.63, 3.8) is 0 Å². The SMILES string of the molecule is C=C(C)CC(C)C(=O)N1CCN(CC(=O)NCCCC)CC1. The third-order valence-electron chi connectivity index (χ3n) is 3.98. The van der Waals surface area contributed by atoms with Crippen LogP contribution in [0.1, 0.15) is 40.0 Å². The van der Waals surface area contributed by atoms with E-state index in [2.05, 4.69) is 23.7 Å². The van der Waals surface area contributed by atoms with E-state index in [-0.39, 0.29) is 17.7 Å². The molecule has 126 valence electrons. The molecule has 1 heterocycles. The summed E-state index contributed by atoms with van der Waals surface area (Å²) in [6, 6.07) is 0. The van der Waals surface area contributed by atoms with Crippen molar-refractivity contribution in [3.8, 4) is 0 Å². The van der Waals surface area contributed by atoms with Crippen molar-refractivity contribution in [1.82, 2.24) is 15.1 Å². The molecule has 0 aromatic heterocycles. The van der Waals surface area contributed by atoms with Crippen molar-refractivity contribution in [1.29, 1.82) is 0 Å². The lowest BCUT2D eigenvalue weighted by Crippen LogP contribution is -2.52. The van der Waals surface area contributed by atoms with Gasteiger partial charge in [0.15, 0.2) is 0 Å². The number of carbonyl (C=O) groups is 2. The minimum atomic E-state index is 0.00129. The molecule has 5 heteroatoms. The Morgan fingerprint density at radius 3 is 2.41 bits per heavy atom. The Kier molecular flexibility index (Phi) is 8.17. The van der Waals surface area contributed by atoms with Crippen LogP contribution in [0.4, 0.5) is 0 Å². The fraction of sp³-hybridized carbons (Fsp3) is 0.765. The number of carbonyl (C=O) groups excluding carboxylic acids is 2. The Morgan fingerprint density at radius 2 is 1.86 bits per heavy atom. The first-order valence-electron chi connectivity index (χ1n) is 8.36. The second-order valence-corrected chi connectivity index (χ2v) is 6.37. The fourth-order valence-electron chi connectivity index (χ4n) is 2.71. The zero-order valence-corrected chi connectivity index (χ0v) is 14.4. The Bertz CT molecular complexity index is 387. The molecule has 2 amide bonds. The highest BCUT2D eigenvalue weighted by atomic mass is 16.2. The molecule has 0 aliphatic carbocycles. The molecule has 1 N–H and O–H groups in total. The lowest BCUT2D eigenvalue weighted by molar-refractivity contribution is -0.137. The van der Waals surface area contributed by atoms with E-state index >= 15 is 0 Å². The molecule has 1 atom stereocenters. The van der Waals surface area contributed by atoms with Crippen molar-refractivity contribution >= 4 is 11.8 Å². The van der Waals surface area contributed by atoms with E-state index < -0.39 is 0 Å². The van der Waals surface area contributed by atoms with E-state index in [1.165, 1.54) is 0 Å². The maximum Gasteiger partial charge on any atom is 0.234 e. The van der Waals surface area contributed by atoms with Crippen LogP contribution >= 0.6 is 0 Å². The molecular formula is C17H31N3O2.